The van der Waals surface area contributed by atoms with E-state index in [-0.39, 0.29) is 18.1 Å². The minimum absolute atomic E-state index is 0.0643. The van der Waals surface area contributed by atoms with Crippen molar-refractivity contribution in [1.82, 2.24) is 10.6 Å². The standard InChI is InChI=1S/C14H26N2O2/c1-13(7-5-6-10-15-13)12(18)16-14(11-17)8-3-2-4-9-14/h15,17H,2-11H2,1H3,(H,16,18). The maximum Gasteiger partial charge on any atom is 0.240 e. The number of nitrogens with one attached hydrogen (secondary N) is 2. The minimum atomic E-state index is -0.447. The van der Waals surface area contributed by atoms with Crippen LogP contribution in [0.4, 0.5) is 0 Å². The molecule has 0 radical (unpaired) electrons. The van der Waals surface area contributed by atoms with Crippen molar-refractivity contribution in [2.45, 2.75) is 69.4 Å². The Balaban J connectivity index is 2.00. The van der Waals surface area contributed by atoms with E-state index in [1.165, 1.54) is 6.42 Å². The van der Waals surface area contributed by atoms with Crippen LogP contribution < -0.4 is 10.6 Å². The van der Waals surface area contributed by atoms with E-state index < -0.39 is 5.54 Å². The largest absolute Gasteiger partial charge is 0.394 e. The molecule has 1 saturated carbocycles. The minimum Gasteiger partial charge on any atom is -0.394 e. The number of amides is 1. The highest BCUT2D eigenvalue weighted by molar-refractivity contribution is 5.86. The average molecular weight is 254 g/mol. The van der Waals surface area contributed by atoms with E-state index >= 15 is 0 Å². The number of aliphatic hydroxyl groups is 1. The van der Waals surface area contributed by atoms with E-state index in [0.29, 0.717) is 0 Å². The van der Waals surface area contributed by atoms with Gasteiger partial charge in [0, 0.05) is 0 Å². The Morgan fingerprint density at radius 1 is 1.17 bits per heavy atom. The van der Waals surface area contributed by atoms with Gasteiger partial charge in [-0.3, -0.25) is 4.79 Å². The summed E-state index contributed by atoms with van der Waals surface area (Å²) in [6, 6.07) is 0. The summed E-state index contributed by atoms with van der Waals surface area (Å²) in [5.74, 6) is 0.0677. The lowest BCUT2D eigenvalue weighted by Crippen LogP contribution is -2.63. The van der Waals surface area contributed by atoms with E-state index in [4.69, 9.17) is 0 Å². The second-order valence-electron chi connectivity index (χ2n) is 6.17. The van der Waals surface area contributed by atoms with Gasteiger partial charge in [0.25, 0.3) is 0 Å². The highest BCUT2D eigenvalue weighted by Gasteiger charge is 2.40. The fourth-order valence-electron chi connectivity index (χ4n) is 3.18. The molecular formula is C14H26N2O2. The molecule has 3 N–H and O–H groups in total. The molecular weight excluding hydrogens is 228 g/mol. The van der Waals surface area contributed by atoms with Gasteiger partial charge in [-0.15, -0.1) is 0 Å². The van der Waals surface area contributed by atoms with E-state index in [0.717, 1.165) is 51.5 Å². The zero-order chi connectivity index (χ0) is 13.1. The lowest BCUT2D eigenvalue weighted by Gasteiger charge is -2.41. The first kappa shape index (κ1) is 13.8. The van der Waals surface area contributed by atoms with Crippen LogP contribution in [0.1, 0.15) is 58.3 Å². The second-order valence-corrected chi connectivity index (χ2v) is 6.17. The van der Waals surface area contributed by atoms with E-state index in [1.54, 1.807) is 0 Å². The van der Waals surface area contributed by atoms with Crippen LogP contribution in [0, 0.1) is 0 Å². The molecule has 1 aliphatic heterocycles. The predicted octanol–water partition coefficient (Wildman–Crippen LogP) is 1.33. The highest BCUT2D eigenvalue weighted by atomic mass is 16.3. The summed E-state index contributed by atoms with van der Waals surface area (Å²) in [4.78, 5) is 12.5. The van der Waals surface area contributed by atoms with Crippen molar-refractivity contribution >= 4 is 5.91 Å². The Kier molecular flexibility index (Phi) is 4.28. The SMILES string of the molecule is CC1(C(=O)NC2(CO)CCCCC2)CCCCN1. The van der Waals surface area contributed by atoms with Gasteiger partial charge in [-0.1, -0.05) is 19.3 Å². The molecule has 0 spiro atoms. The molecule has 0 bridgehead atoms. The van der Waals surface area contributed by atoms with Gasteiger partial charge in [0.15, 0.2) is 0 Å². The van der Waals surface area contributed by atoms with Crippen molar-refractivity contribution in [1.29, 1.82) is 0 Å². The molecule has 0 aromatic carbocycles. The summed E-state index contributed by atoms with van der Waals surface area (Å²) in [5.41, 5.74) is -0.810. The second kappa shape index (κ2) is 5.57. The third kappa shape index (κ3) is 2.86. The van der Waals surface area contributed by atoms with Crippen LogP contribution in [0.2, 0.25) is 0 Å². The van der Waals surface area contributed by atoms with Crippen LogP contribution in [0.3, 0.4) is 0 Å². The first-order valence-electron chi connectivity index (χ1n) is 7.29. The summed E-state index contributed by atoms with van der Waals surface area (Å²) in [5, 5.41) is 16.1. The molecule has 1 saturated heterocycles. The van der Waals surface area contributed by atoms with Crippen LogP contribution in [0.15, 0.2) is 0 Å². The van der Waals surface area contributed by atoms with Crippen molar-refractivity contribution in [2.24, 2.45) is 0 Å². The summed E-state index contributed by atoms with van der Waals surface area (Å²) in [6.45, 7) is 2.96. The van der Waals surface area contributed by atoms with Crippen LogP contribution in [-0.4, -0.2) is 35.2 Å². The van der Waals surface area contributed by atoms with Gasteiger partial charge in [-0.2, -0.15) is 0 Å². The smallest absolute Gasteiger partial charge is 0.240 e. The molecule has 0 aromatic rings. The van der Waals surface area contributed by atoms with Gasteiger partial charge in [-0.25, -0.2) is 0 Å². The molecule has 1 aliphatic carbocycles. The normalized spacial score (nSPS) is 31.9. The third-order valence-corrected chi connectivity index (χ3v) is 4.61. The lowest BCUT2D eigenvalue weighted by molar-refractivity contribution is -0.131. The van der Waals surface area contributed by atoms with Gasteiger partial charge in [-0.05, 0) is 45.6 Å². The Labute approximate surface area is 110 Å². The zero-order valence-electron chi connectivity index (χ0n) is 11.4. The molecule has 2 fully saturated rings. The number of aliphatic hydroxyl groups excluding tert-OH is 1. The highest BCUT2D eigenvalue weighted by Crippen LogP contribution is 2.29. The van der Waals surface area contributed by atoms with Gasteiger partial charge in [0.1, 0.15) is 0 Å². The first-order chi connectivity index (χ1) is 8.60. The molecule has 4 heteroatoms. The van der Waals surface area contributed by atoms with Crippen LogP contribution in [0.25, 0.3) is 0 Å². The Morgan fingerprint density at radius 3 is 2.39 bits per heavy atom. The summed E-state index contributed by atoms with van der Waals surface area (Å²) in [6.07, 6.45) is 8.37. The predicted molar refractivity (Wildman–Crippen MR) is 71.3 cm³/mol. The molecule has 0 aromatic heterocycles. The van der Waals surface area contributed by atoms with Crippen molar-refractivity contribution in [3.63, 3.8) is 0 Å². The van der Waals surface area contributed by atoms with E-state index in [9.17, 15) is 9.90 Å². The number of carbonyl (C=O) groups is 1. The summed E-state index contributed by atoms with van der Waals surface area (Å²) in [7, 11) is 0. The number of hydrogen-bond donors (Lipinski definition) is 3. The van der Waals surface area contributed by atoms with Crippen molar-refractivity contribution < 1.29 is 9.90 Å². The molecule has 1 atom stereocenters. The Bertz CT molecular complexity index is 292. The zero-order valence-corrected chi connectivity index (χ0v) is 11.4. The van der Waals surface area contributed by atoms with Crippen LogP contribution in [-0.2, 0) is 4.79 Å². The maximum absolute atomic E-state index is 12.5. The molecule has 18 heavy (non-hydrogen) atoms. The van der Waals surface area contributed by atoms with Crippen LogP contribution >= 0.6 is 0 Å². The van der Waals surface area contributed by atoms with Crippen molar-refractivity contribution in [2.75, 3.05) is 13.2 Å². The first-order valence-corrected chi connectivity index (χ1v) is 7.29. The maximum atomic E-state index is 12.5. The fraction of sp³-hybridized carbons (Fsp3) is 0.929. The number of piperidine rings is 1. The van der Waals surface area contributed by atoms with E-state index in [2.05, 4.69) is 10.6 Å². The van der Waals surface area contributed by atoms with Crippen LogP contribution in [0.5, 0.6) is 0 Å². The monoisotopic (exact) mass is 254 g/mol. The molecule has 1 amide bonds. The summed E-state index contributed by atoms with van der Waals surface area (Å²) >= 11 is 0. The average Bonchev–Trinajstić information content (AvgIpc) is 2.40. The molecule has 2 aliphatic rings. The van der Waals surface area contributed by atoms with Gasteiger partial charge in [0.05, 0.1) is 17.7 Å². The van der Waals surface area contributed by atoms with Crippen molar-refractivity contribution in [3.8, 4) is 0 Å². The number of carbonyl (C=O) groups excluding carboxylic acids is 1. The Hall–Kier alpha value is -0.610. The fourth-order valence-corrected chi connectivity index (χ4v) is 3.18. The topological polar surface area (TPSA) is 61.4 Å². The summed E-state index contributed by atoms with van der Waals surface area (Å²) < 4.78 is 0. The molecule has 104 valence electrons. The van der Waals surface area contributed by atoms with Gasteiger partial charge in [0.2, 0.25) is 5.91 Å². The third-order valence-electron chi connectivity index (χ3n) is 4.61. The molecule has 2 rings (SSSR count). The quantitative estimate of drug-likeness (QED) is 0.712. The number of hydrogen-bond acceptors (Lipinski definition) is 3. The molecule has 4 nitrogen and oxygen atoms in total. The van der Waals surface area contributed by atoms with Gasteiger partial charge >= 0.3 is 0 Å². The van der Waals surface area contributed by atoms with E-state index in [1.807, 2.05) is 6.92 Å². The van der Waals surface area contributed by atoms with Crippen molar-refractivity contribution in [3.05, 3.63) is 0 Å². The Morgan fingerprint density at radius 2 is 1.83 bits per heavy atom. The molecule has 1 unspecified atom stereocenters. The van der Waals surface area contributed by atoms with Gasteiger partial charge < -0.3 is 15.7 Å². The lowest BCUT2D eigenvalue weighted by atomic mass is 9.80. The molecule has 1 heterocycles. The number of rotatable bonds is 3.